The van der Waals surface area contributed by atoms with E-state index in [1.54, 1.807) is 25.5 Å². The molecule has 0 radical (unpaired) electrons. The van der Waals surface area contributed by atoms with Gasteiger partial charge in [-0.05, 0) is 23.6 Å². The van der Waals surface area contributed by atoms with Crippen molar-refractivity contribution in [1.29, 1.82) is 0 Å². The van der Waals surface area contributed by atoms with Crippen molar-refractivity contribution in [2.24, 2.45) is 4.99 Å². The molecule has 0 N–H and O–H groups in total. The van der Waals surface area contributed by atoms with Crippen LogP contribution in [0.2, 0.25) is 0 Å². The zero-order valence-corrected chi connectivity index (χ0v) is 12.5. The summed E-state index contributed by atoms with van der Waals surface area (Å²) in [6.07, 6.45) is 1.71. The topological polar surface area (TPSA) is 64.7 Å². The van der Waals surface area contributed by atoms with E-state index in [2.05, 4.69) is 4.99 Å². The van der Waals surface area contributed by atoms with Gasteiger partial charge in [-0.2, -0.15) is 0 Å². The van der Waals surface area contributed by atoms with Crippen LogP contribution in [-0.2, 0) is 0 Å². The maximum atomic E-state index is 10.8. The number of rotatable bonds is 4. The molecule has 0 unspecified atom stereocenters. The van der Waals surface area contributed by atoms with Gasteiger partial charge in [0, 0.05) is 29.3 Å². The zero-order valence-electron chi connectivity index (χ0n) is 12.5. The Hall–Kier alpha value is -3.21. The summed E-state index contributed by atoms with van der Waals surface area (Å²) in [5.41, 5.74) is 1.49. The zero-order chi connectivity index (χ0) is 16.2. The lowest BCUT2D eigenvalue weighted by Gasteiger charge is -2.07. The van der Waals surface area contributed by atoms with Crippen molar-refractivity contribution in [3.8, 4) is 5.75 Å². The van der Waals surface area contributed by atoms with Crippen molar-refractivity contribution in [2.45, 2.75) is 0 Å². The molecule has 0 aliphatic heterocycles. The number of hydrogen-bond acceptors (Lipinski definition) is 4. The van der Waals surface area contributed by atoms with Crippen molar-refractivity contribution in [1.82, 2.24) is 0 Å². The molecular weight excluding hydrogens is 292 g/mol. The summed E-state index contributed by atoms with van der Waals surface area (Å²) in [5, 5.41) is 12.8. The minimum atomic E-state index is -0.429. The smallest absolute Gasteiger partial charge is 0.271 e. The summed E-state index contributed by atoms with van der Waals surface area (Å²) in [4.78, 5) is 14.7. The Morgan fingerprint density at radius 2 is 1.83 bits per heavy atom. The van der Waals surface area contributed by atoms with E-state index in [1.807, 2.05) is 36.4 Å². The Labute approximate surface area is 133 Å². The molecule has 0 bridgehead atoms. The van der Waals surface area contributed by atoms with E-state index in [0.29, 0.717) is 5.69 Å². The minimum absolute atomic E-state index is 0.0271. The maximum absolute atomic E-state index is 10.8. The second kappa shape index (κ2) is 6.27. The molecule has 0 aromatic heterocycles. The van der Waals surface area contributed by atoms with E-state index >= 15 is 0 Å². The summed E-state index contributed by atoms with van der Waals surface area (Å²) in [6, 6.07) is 17.9. The fourth-order valence-electron chi connectivity index (χ4n) is 2.42. The van der Waals surface area contributed by atoms with Crippen molar-refractivity contribution in [3.05, 3.63) is 76.3 Å². The van der Waals surface area contributed by atoms with Crippen LogP contribution < -0.4 is 4.74 Å². The second-order valence-corrected chi connectivity index (χ2v) is 4.94. The number of methoxy groups -OCH3 is 1. The molecule has 23 heavy (non-hydrogen) atoms. The average molecular weight is 306 g/mol. The second-order valence-electron chi connectivity index (χ2n) is 4.94. The molecule has 0 saturated heterocycles. The Balaban J connectivity index is 2.02. The van der Waals surface area contributed by atoms with Gasteiger partial charge in [-0.15, -0.1) is 0 Å². The Morgan fingerprint density at radius 1 is 1.04 bits per heavy atom. The first kappa shape index (κ1) is 14.7. The molecular formula is C18H14N2O3. The SMILES string of the molecule is COc1ccc(C=Nc2cccc([N+](=O)[O-])c2)c2ccccc12. The molecule has 5 nitrogen and oxygen atoms in total. The van der Waals surface area contributed by atoms with Gasteiger partial charge in [0.1, 0.15) is 5.75 Å². The van der Waals surface area contributed by atoms with Crippen LogP contribution in [-0.4, -0.2) is 18.2 Å². The van der Waals surface area contributed by atoms with Gasteiger partial charge in [0.25, 0.3) is 5.69 Å². The number of ether oxygens (including phenoxy) is 1. The van der Waals surface area contributed by atoms with E-state index in [-0.39, 0.29) is 5.69 Å². The van der Waals surface area contributed by atoms with Gasteiger partial charge >= 0.3 is 0 Å². The highest BCUT2D eigenvalue weighted by Gasteiger charge is 2.06. The third kappa shape index (κ3) is 3.03. The summed E-state index contributed by atoms with van der Waals surface area (Å²) < 4.78 is 5.37. The maximum Gasteiger partial charge on any atom is 0.271 e. The van der Waals surface area contributed by atoms with Crippen molar-refractivity contribution in [3.63, 3.8) is 0 Å². The molecule has 0 aliphatic rings. The monoisotopic (exact) mass is 306 g/mol. The van der Waals surface area contributed by atoms with Gasteiger partial charge in [-0.25, -0.2) is 0 Å². The van der Waals surface area contributed by atoms with Crippen LogP contribution >= 0.6 is 0 Å². The van der Waals surface area contributed by atoms with Crippen molar-refractivity contribution >= 4 is 28.4 Å². The van der Waals surface area contributed by atoms with Gasteiger partial charge in [0.2, 0.25) is 0 Å². The number of benzene rings is 3. The molecule has 3 aromatic rings. The molecule has 0 saturated carbocycles. The van der Waals surface area contributed by atoms with Crippen LogP contribution in [0, 0.1) is 10.1 Å². The minimum Gasteiger partial charge on any atom is -0.496 e. The van der Waals surface area contributed by atoms with Crippen LogP contribution in [0.3, 0.4) is 0 Å². The molecule has 3 aromatic carbocycles. The summed E-state index contributed by atoms with van der Waals surface area (Å²) in [7, 11) is 1.64. The van der Waals surface area contributed by atoms with Gasteiger partial charge in [-0.3, -0.25) is 15.1 Å². The number of fused-ring (bicyclic) bond motifs is 1. The standard InChI is InChI=1S/C18H14N2O3/c1-23-18-10-9-13(16-7-2-3-8-17(16)18)12-19-14-5-4-6-15(11-14)20(21)22/h2-12H,1H3. The number of nitro benzene ring substituents is 1. The average Bonchev–Trinajstić information content (AvgIpc) is 2.59. The largest absolute Gasteiger partial charge is 0.496 e. The third-order valence-corrected chi connectivity index (χ3v) is 3.53. The van der Waals surface area contributed by atoms with Gasteiger partial charge in [-0.1, -0.05) is 30.3 Å². The first-order chi connectivity index (χ1) is 11.2. The lowest BCUT2D eigenvalue weighted by atomic mass is 10.0. The highest BCUT2D eigenvalue weighted by atomic mass is 16.6. The van der Waals surface area contributed by atoms with E-state index in [9.17, 15) is 10.1 Å². The third-order valence-electron chi connectivity index (χ3n) is 3.53. The van der Waals surface area contributed by atoms with Crippen molar-refractivity contribution < 1.29 is 9.66 Å². The van der Waals surface area contributed by atoms with Crippen molar-refractivity contribution in [2.75, 3.05) is 7.11 Å². The number of aliphatic imine (C=N–C) groups is 1. The Kier molecular flexibility index (Phi) is 4.01. The summed E-state index contributed by atoms with van der Waals surface area (Å²) in [6.45, 7) is 0. The van der Waals surface area contributed by atoms with Crippen LogP contribution in [0.25, 0.3) is 10.8 Å². The first-order valence-corrected chi connectivity index (χ1v) is 7.03. The molecule has 0 amide bonds. The molecule has 0 atom stereocenters. The molecule has 0 aliphatic carbocycles. The highest BCUT2D eigenvalue weighted by Crippen LogP contribution is 2.28. The van der Waals surface area contributed by atoms with Gasteiger partial charge in [0.05, 0.1) is 17.7 Å². The molecule has 114 valence electrons. The molecule has 0 heterocycles. The number of nitrogens with zero attached hydrogens (tertiary/aromatic N) is 2. The lowest BCUT2D eigenvalue weighted by Crippen LogP contribution is -1.89. The summed E-state index contributed by atoms with van der Waals surface area (Å²) >= 11 is 0. The molecule has 0 spiro atoms. The molecule has 0 fully saturated rings. The predicted octanol–water partition coefficient (Wildman–Crippen LogP) is 4.51. The Morgan fingerprint density at radius 3 is 2.57 bits per heavy atom. The molecule has 3 rings (SSSR count). The number of non-ortho nitro benzene ring substituents is 1. The number of hydrogen-bond donors (Lipinski definition) is 0. The van der Waals surface area contributed by atoms with E-state index in [0.717, 1.165) is 22.1 Å². The number of nitro groups is 1. The first-order valence-electron chi connectivity index (χ1n) is 7.03. The van der Waals surface area contributed by atoms with Crippen LogP contribution in [0.4, 0.5) is 11.4 Å². The predicted molar refractivity (Wildman–Crippen MR) is 90.9 cm³/mol. The van der Waals surface area contributed by atoms with Crippen LogP contribution in [0.5, 0.6) is 5.75 Å². The highest BCUT2D eigenvalue weighted by molar-refractivity contribution is 6.02. The van der Waals surface area contributed by atoms with E-state index < -0.39 is 4.92 Å². The van der Waals surface area contributed by atoms with Gasteiger partial charge < -0.3 is 4.74 Å². The van der Waals surface area contributed by atoms with Crippen LogP contribution in [0.15, 0.2) is 65.7 Å². The van der Waals surface area contributed by atoms with E-state index in [4.69, 9.17) is 4.74 Å². The molecule has 5 heteroatoms. The normalized spacial score (nSPS) is 11.0. The quantitative estimate of drug-likeness (QED) is 0.405. The summed E-state index contributed by atoms with van der Waals surface area (Å²) in [5.74, 6) is 0.799. The van der Waals surface area contributed by atoms with Gasteiger partial charge in [0.15, 0.2) is 0 Å². The fourth-order valence-corrected chi connectivity index (χ4v) is 2.42. The Bertz CT molecular complexity index is 904. The van der Waals surface area contributed by atoms with Crippen LogP contribution in [0.1, 0.15) is 5.56 Å². The fraction of sp³-hybridized carbons (Fsp3) is 0.0556. The van der Waals surface area contributed by atoms with E-state index in [1.165, 1.54) is 12.1 Å². The lowest BCUT2D eigenvalue weighted by molar-refractivity contribution is -0.384.